The van der Waals surface area contributed by atoms with Gasteiger partial charge in [0.05, 0.1) is 18.3 Å². The standard InChI is InChI=1S/C22H22ClN7O/c1-22(2,21(31)25-13-17-5-3-4-6-19(17)23)14-30-27-20(26-28-30)16-7-9-18(10-8-16)29-12-11-24-15-29/h3-12,15H,13-14H2,1-2H3,(H,25,31). The number of tetrazole rings is 1. The van der Waals surface area contributed by atoms with Gasteiger partial charge < -0.3 is 9.88 Å². The first kappa shape index (κ1) is 20.7. The van der Waals surface area contributed by atoms with Gasteiger partial charge in [0.15, 0.2) is 0 Å². The van der Waals surface area contributed by atoms with Gasteiger partial charge in [-0.3, -0.25) is 4.79 Å². The van der Waals surface area contributed by atoms with E-state index in [-0.39, 0.29) is 5.91 Å². The Balaban J connectivity index is 1.40. The van der Waals surface area contributed by atoms with Crippen LogP contribution in [0.25, 0.3) is 17.1 Å². The van der Waals surface area contributed by atoms with Crippen LogP contribution in [-0.2, 0) is 17.9 Å². The molecule has 2 aromatic carbocycles. The number of carbonyl (C=O) groups is 1. The minimum atomic E-state index is -0.732. The third-order valence-corrected chi connectivity index (χ3v) is 5.30. The van der Waals surface area contributed by atoms with Crippen molar-refractivity contribution in [3.63, 3.8) is 0 Å². The summed E-state index contributed by atoms with van der Waals surface area (Å²) in [6, 6.07) is 15.2. The molecule has 9 heteroatoms. The van der Waals surface area contributed by atoms with Gasteiger partial charge in [0.25, 0.3) is 0 Å². The Bertz CT molecular complexity index is 1170. The molecule has 0 saturated heterocycles. The van der Waals surface area contributed by atoms with Gasteiger partial charge in [0.1, 0.15) is 0 Å². The summed E-state index contributed by atoms with van der Waals surface area (Å²) in [5.41, 5.74) is 1.97. The fraction of sp³-hybridized carbons (Fsp3) is 0.227. The van der Waals surface area contributed by atoms with Crippen molar-refractivity contribution in [3.05, 3.63) is 77.8 Å². The van der Waals surface area contributed by atoms with Crippen LogP contribution >= 0.6 is 11.6 Å². The molecule has 4 aromatic rings. The number of aromatic nitrogens is 6. The van der Waals surface area contributed by atoms with Crippen LogP contribution in [0.5, 0.6) is 0 Å². The van der Waals surface area contributed by atoms with Gasteiger partial charge >= 0.3 is 0 Å². The molecule has 2 heterocycles. The van der Waals surface area contributed by atoms with Crippen molar-refractivity contribution in [3.8, 4) is 17.1 Å². The largest absolute Gasteiger partial charge is 0.351 e. The van der Waals surface area contributed by atoms with Crippen molar-refractivity contribution in [2.75, 3.05) is 0 Å². The molecule has 0 saturated carbocycles. The van der Waals surface area contributed by atoms with Gasteiger partial charge in [-0.05, 0) is 55.0 Å². The average Bonchev–Trinajstić information content (AvgIpc) is 3.45. The first-order valence-corrected chi connectivity index (χ1v) is 10.2. The quantitative estimate of drug-likeness (QED) is 0.479. The summed E-state index contributed by atoms with van der Waals surface area (Å²) in [6.07, 6.45) is 5.35. The Morgan fingerprint density at radius 2 is 1.90 bits per heavy atom. The normalized spacial score (nSPS) is 11.5. The maximum absolute atomic E-state index is 12.7. The van der Waals surface area contributed by atoms with Crippen molar-refractivity contribution in [2.24, 2.45) is 5.41 Å². The second kappa shape index (κ2) is 8.69. The van der Waals surface area contributed by atoms with E-state index < -0.39 is 5.41 Å². The molecule has 158 valence electrons. The number of carbonyl (C=O) groups excluding carboxylic acids is 1. The smallest absolute Gasteiger partial charge is 0.227 e. The molecular weight excluding hydrogens is 414 g/mol. The van der Waals surface area contributed by atoms with Crippen molar-refractivity contribution in [2.45, 2.75) is 26.9 Å². The lowest BCUT2D eigenvalue weighted by Crippen LogP contribution is -2.39. The van der Waals surface area contributed by atoms with Crippen LogP contribution in [0.1, 0.15) is 19.4 Å². The predicted molar refractivity (Wildman–Crippen MR) is 117 cm³/mol. The fourth-order valence-electron chi connectivity index (χ4n) is 3.10. The number of halogens is 1. The van der Waals surface area contributed by atoms with Crippen molar-refractivity contribution in [1.29, 1.82) is 0 Å². The minimum absolute atomic E-state index is 0.115. The molecule has 8 nitrogen and oxygen atoms in total. The monoisotopic (exact) mass is 435 g/mol. The van der Waals surface area contributed by atoms with E-state index in [1.807, 2.05) is 67.1 Å². The molecule has 1 amide bonds. The van der Waals surface area contributed by atoms with Crippen molar-refractivity contribution in [1.82, 2.24) is 35.1 Å². The van der Waals surface area contributed by atoms with Gasteiger partial charge in [-0.25, -0.2) is 4.98 Å². The number of amides is 1. The molecule has 0 atom stereocenters. The summed E-state index contributed by atoms with van der Waals surface area (Å²) >= 11 is 6.16. The van der Waals surface area contributed by atoms with Gasteiger partial charge in [0.2, 0.25) is 11.7 Å². The molecule has 0 aliphatic carbocycles. The van der Waals surface area contributed by atoms with Gasteiger partial charge in [-0.1, -0.05) is 29.8 Å². The molecule has 0 spiro atoms. The van der Waals surface area contributed by atoms with Crippen molar-refractivity contribution >= 4 is 17.5 Å². The second-order valence-corrected chi connectivity index (χ2v) is 8.23. The maximum Gasteiger partial charge on any atom is 0.227 e. The first-order valence-electron chi connectivity index (χ1n) is 9.81. The molecule has 0 fully saturated rings. The summed E-state index contributed by atoms with van der Waals surface area (Å²) in [6.45, 7) is 4.35. The van der Waals surface area contributed by atoms with Crippen LogP contribution < -0.4 is 5.32 Å². The van der Waals surface area contributed by atoms with E-state index in [0.717, 1.165) is 16.8 Å². The first-order chi connectivity index (χ1) is 14.9. The Hall–Kier alpha value is -3.52. The average molecular weight is 436 g/mol. The summed E-state index contributed by atoms with van der Waals surface area (Å²) in [4.78, 5) is 18.2. The number of nitrogens with zero attached hydrogens (tertiary/aromatic N) is 6. The summed E-state index contributed by atoms with van der Waals surface area (Å²) < 4.78 is 1.91. The Morgan fingerprint density at radius 3 is 2.61 bits per heavy atom. The van der Waals surface area contributed by atoms with E-state index in [4.69, 9.17) is 11.6 Å². The lowest BCUT2D eigenvalue weighted by atomic mass is 9.92. The van der Waals surface area contributed by atoms with E-state index in [2.05, 4.69) is 25.7 Å². The van der Waals surface area contributed by atoms with E-state index in [1.54, 1.807) is 18.6 Å². The van der Waals surface area contributed by atoms with E-state index in [0.29, 0.717) is 23.9 Å². The van der Waals surface area contributed by atoms with Crippen molar-refractivity contribution < 1.29 is 4.79 Å². The SMILES string of the molecule is CC(C)(Cn1nnc(-c2ccc(-n3ccnc3)cc2)n1)C(=O)NCc1ccccc1Cl. The second-order valence-electron chi connectivity index (χ2n) is 7.82. The molecule has 1 N–H and O–H groups in total. The number of hydrogen-bond acceptors (Lipinski definition) is 5. The lowest BCUT2D eigenvalue weighted by Gasteiger charge is -2.22. The Labute approximate surface area is 184 Å². The highest BCUT2D eigenvalue weighted by atomic mass is 35.5. The molecule has 0 unspecified atom stereocenters. The molecular formula is C22H22ClN7O. The summed E-state index contributed by atoms with van der Waals surface area (Å²) in [7, 11) is 0. The Kier molecular flexibility index (Phi) is 5.81. The van der Waals surface area contributed by atoms with Crippen LogP contribution in [0.3, 0.4) is 0 Å². The van der Waals surface area contributed by atoms with Gasteiger partial charge in [0, 0.05) is 35.2 Å². The third kappa shape index (κ3) is 4.80. The number of hydrogen-bond donors (Lipinski definition) is 1. The van der Waals surface area contributed by atoms with E-state index in [1.165, 1.54) is 4.80 Å². The highest BCUT2D eigenvalue weighted by Crippen LogP contribution is 2.21. The van der Waals surface area contributed by atoms with Crippen LogP contribution in [0.2, 0.25) is 5.02 Å². The van der Waals surface area contributed by atoms with Crippen LogP contribution in [0.15, 0.2) is 67.3 Å². The molecule has 0 aliphatic rings. The minimum Gasteiger partial charge on any atom is -0.351 e. The molecule has 4 rings (SSSR count). The molecule has 0 bridgehead atoms. The number of rotatable bonds is 7. The molecule has 31 heavy (non-hydrogen) atoms. The zero-order chi connectivity index (χ0) is 21.8. The lowest BCUT2D eigenvalue weighted by molar-refractivity contribution is -0.130. The predicted octanol–water partition coefficient (Wildman–Crippen LogP) is 3.52. The molecule has 0 radical (unpaired) electrons. The Morgan fingerprint density at radius 1 is 1.13 bits per heavy atom. The van der Waals surface area contributed by atoms with E-state index >= 15 is 0 Å². The van der Waals surface area contributed by atoms with Gasteiger partial charge in [-0.15, -0.1) is 10.2 Å². The molecule has 2 aromatic heterocycles. The zero-order valence-electron chi connectivity index (χ0n) is 17.2. The summed E-state index contributed by atoms with van der Waals surface area (Å²) in [5.74, 6) is 0.389. The highest BCUT2D eigenvalue weighted by molar-refractivity contribution is 6.31. The third-order valence-electron chi connectivity index (χ3n) is 4.93. The molecule has 0 aliphatic heterocycles. The maximum atomic E-state index is 12.7. The number of nitrogens with one attached hydrogen (secondary N) is 1. The highest BCUT2D eigenvalue weighted by Gasteiger charge is 2.29. The zero-order valence-corrected chi connectivity index (χ0v) is 18.0. The topological polar surface area (TPSA) is 90.5 Å². The number of imidazole rings is 1. The van der Waals surface area contributed by atoms with Crippen LogP contribution in [-0.4, -0.2) is 35.7 Å². The number of benzene rings is 2. The van der Waals surface area contributed by atoms with Gasteiger partial charge in [-0.2, -0.15) is 4.80 Å². The fourth-order valence-corrected chi connectivity index (χ4v) is 3.30. The van der Waals surface area contributed by atoms with Crippen LogP contribution in [0, 0.1) is 5.41 Å². The van der Waals surface area contributed by atoms with Crippen LogP contribution in [0.4, 0.5) is 0 Å². The summed E-state index contributed by atoms with van der Waals surface area (Å²) in [5, 5.41) is 16.3. The van der Waals surface area contributed by atoms with E-state index in [9.17, 15) is 4.79 Å².